The van der Waals surface area contributed by atoms with Gasteiger partial charge in [0.05, 0.1) is 15.9 Å². The Morgan fingerprint density at radius 3 is 2.89 bits per heavy atom. The molecule has 0 aromatic carbocycles. The van der Waals surface area contributed by atoms with Crippen LogP contribution in [0.1, 0.15) is 38.1 Å². The summed E-state index contributed by atoms with van der Waals surface area (Å²) in [7, 11) is 0. The molecule has 1 saturated heterocycles. The van der Waals surface area contributed by atoms with E-state index in [2.05, 4.69) is 34.9 Å². The third-order valence-electron chi connectivity index (χ3n) is 3.60. The number of aryl methyl sites for hydroxylation is 2. The van der Waals surface area contributed by atoms with Crippen LogP contribution >= 0.6 is 15.9 Å². The van der Waals surface area contributed by atoms with Gasteiger partial charge in [0.1, 0.15) is 5.78 Å². The number of aromatic nitrogens is 2. The molecule has 0 saturated carbocycles. The Bertz CT molecular complexity index is 451. The molecule has 0 radical (unpaired) electrons. The topological polar surface area (TPSA) is 44.1 Å². The predicted octanol–water partition coefficient (Wildman–Crippen LogP) is 2.77. The van der Waals surface area contributed by atoms with Crippen molar-refractivity contribution in [3.63, 3.8) is 0 Å². The summed E-state index contributed by atoms with van der Waals surface area (Å²) in [6.07, 6.45) is 2.99. The van der Waals surface area contributed by atoms with Crippen molar-refractivity contribution in [3.05, 3.63) is 15.9 Å². The van der Waals surface area contributed by atoms with Crippen LogP contribution in [0.2, 0.25) is 0 Å². The minimum Gasteiger partial charge on any atom is -0.381 e. The van der Waals surface area contributed by atoms with Gasteiger partial charge < -0.3 is 4.74 Å². The fourth-order valence-corrected chi connectivity index (χ4v) is 3.22. The van der Waals surface area contributed by atoms with Crippen molar-refractivity contribution in [1.29, 1.82) is 0 Å². The van der Waals surface area contributed by atoms with Crippen molar-refractivity contribution < 1.29 is 9.53 Å². The number of carbonyl (C=O) groups excluding carboxylic acids is 1. The summed E-state index contributed by atoms with van der Waals surface area (Å²) < 4.78 is 8.26. The number of carbonyl (C=O) groups is 1. The van der Waals surface area contributed by atoms with Crippen molar-refractivity contribution in [3.8, 4) is 0 Å². The summed E-state index contributed by atoms with van der Waals surface area (Å²) >= 11 is 3.58. The Kier molecular flexibility index (Phi) is 5.16. The van der Waals surface area contributed by atoms with E-state index in [-0.39, 0.29) is 5.78 Å². The number of Topliss-reactive ketones (excluding diaryl/α,β-unsaturated/α-hetero) is 1. The number of ether oxygens (including phenoxy) is 1. The molecule has 0 amide bonds. The van der Waals surface area contributed by atoms with Crippen LogP contribution in [-0.4, -0.2) is 28.8 Å². The van der Waals surface area contributed by atoms with Gasteiger partial charge in [0.2, 0.25) is 0 Å². The van der Waals surface area contributed by atoms with Gasteiger partial charge in [-0.3, -0.25) is 9.48 Å². The monoisotopic (exact) mass is 328 g/mol. The van der Waals surface area contributed by atoms with Crippen LogP contribution in [0.25, 0.3) is 0 Å². The zero-order chi connectivity index (χ0) is 13.8. The van der Waals surface area contributed by atoms with E-state index in [9.17, 15) is 4.79 Å². The average molecular weight is 329 g/mol. The molecule has 106 valence electrons. The summed E-state index contributed by atoms with van der Waals surface area (Å²) in [5.41, 5.74) is 2.05. The lowest BCUT2D eigenvalue weighted by Crippen LogP contribution is -2.14. The molecule has 5 heteroatoms. The summed E-state index contributed by atoms with van der Waals surface area (Å²) in [4.78, 5) is 12.2. The van der Waals surface area contributed by atoms with Crippen LogP contribution in [0.3, 0.4) is 0 Å². The molecule has 2 rings (SSSR count). The minimum absolute atomic E-state index is 0.286. The van der Waals surface area contributed by atoms with E-state index in [1.165, 1.54) is 0 Å². The van der Waals surface area contributed by atoms with Crippen molar-refractivity contribution >= 4 is 21.7 Å². The molecule has 0 bridgehead atoms. The molecule has 0 N–H and O–H groups in total. The van der Waals surface area contributed by atoms with Crippen LogP contribution in [0.15, 0.2) is 4.47 Å². The van der Waals surface area contributed by atoms with E-state index in [0.717, 1.165) is 48.5 Å². The maximum atomic E-state index is 12.2. The summed E-state index contributed by atoms with van der Waals surface area (Å²) in [5, 5.41) is 4.52. The van der Waals surface area contributed by atoms with Crippen LogP contribution in [0.4, 0.5) is 0 Å². The maximum Gasteiger partial charge on any atom is 0.139 e. The summed E-state index contributed by atoms with van der Waals surface area (Å²) in [5.74, 6) is 0.698. The van der Waals surface area contributed by atoms with Gasteiger partial charge >= 0.3 is 0 Å². The molecular weight excluding hydrogens is 308 g/mol. The highest BCUT2D eigenvalue weighted by Gasteiger charge is 2.22. The Labute approximate surface area is 122 Å². The number of nitrogens with zero attached hydrogens (tertiary/aromatic N) is 2. The third-order valence-corrected chi connectivity index (χ3v) is 4.51. The standard InChI is InChI=1S/C14H21BrN2O2/c1-3-12-14(15)13(17(4-2)16-12)8-11(18)7-10-5-6-19-9-10/h10H,3-9H2,1-2H3. The number of rotatable bonds is 6. The molecule has 1 aliphatic rings. The molecule has 19 heavy (non-hydrogen) atoms. The van der Waals surface area contributed by atoms with Gasteiger partial charge in [0.15, 0.2) is 0 Å². The van der Waals surface area contributed by atoms with Gasteiger partial charge in [-0.25, -0.2) is 0 Å². The van der Waals surface area contributed by atoms with Crippen LogP contribution in [0, 0.1) is 5.92 Å². The zero-order valence-corrected chi connectivity index (χ0v) is 13.2. The number of ketones is 1. The second-order valence-electron chi connectivity index (χ2n) is 5.03. The van der Waals surface area contributed by atoms with Crippen LogP contribution in [-0.2, 0) is 28.9 Å². The van der Waals surface area contributed by atoms with Crippen molar-refractivity contribution in [2.75, 3.05) is 13.2 Å². The first-order valence-corrected chi connectivity index (χ1v) is 7.78. The van der Waals surface area contributed by atoms with Crippen LogP contribution in [0.5, 0.6) is 0 Å². The second kappa shape index (κ2) is 6.66. The largest absolute Gasteiger partial charge is 0.381 e. The lowest BCUT2D eigenvalue weighted by molar-refractivity contribution is -0.119. The number of hydrogen-bond acceptors (Lipinski definition) is 3. The van der Waals surface area contributed by atoms with Gasteiger partial charge in [-0.15, -0.1) is 0 Å². The van der Waals surface area contributed by atoms with Crippen LogP contribution < -0.4 is 0 Å². The van der Waals surface area contributed by atoms with Gasteiger partial charge in [-0.2, -0.15) is 5.10 Å². The molecule has 4 nitrogen and oxygen atoms in total. The van der Waals surface area contributed by atoms with Gasteiger partial charge in [-0.05, 0) is 41.6 Å². The SMILES string of the molecule is CCc1nn(CC)c(CC(=O)CC2CCOC2)c1Br. The maximum absolute atomic E-state index is 12.2. The molecule has 1 fully saturated rings. The number of halogens is 1. The first kappa shape index (κ1) is 14.7. The Hall–Kier alpha value is -0.680. The molecule has 2 heterocycles. The zero-order valence-electron chi connectivity index (χ0n) is 11.6. The normalized spacial score (nSPS) is 19.0. The van der Waals surface area contributed by atoms with Crippen molar-refractivity contribution in [1.82, 2.24) is 9.78 Å². The third kappa shape index (κ3) is 3.45. The first-order chi connectivity index (χ1) is 9.15. The molecule has 1 unspecified atom stereocenters. The second-order valence-corrected chi connectivity index (χ2v) is 5.82. The van der Waals surface area contributed by atoms with E-state index < -0.39 is 0 Å². The van der Waals surface area contributed by atoms with E-state index in [4.69, 9.17) is 4.74 Å². The Balaban J connectivity index is 2.04. The smallest absolute Gasteiger partial charge is 0.139 e. The van der Waals surface area contributed by atoms with Gasteiger partial charge in [0, 0.05) is 32.6 Å². The van der Waals surface area contributed by atoms with Crippen molar-refractivity contribution in [2.45, 2.75) is 46.1 Å². The Morgan fingerprint density at radius 1 is 1.53 bits per heavy atom. The molecule has 1 atom stereocenters. The summed E-state index contributed by atoms with van der Waals surface area (Å²) in [6.45, 7) is 6.47. The minimum atomic E-state index is 0.286. The Morgan fingerprint density at radius 2 is 2.32 bits per heavy atom. The fourth-order valence-electron chi connectivity index (χ4n) is 2.51. The average Bonchev–Trinajstić information content (AvgIpc) is 2.99. The highest BCUT2D eigenvalue weighted by Crippen LogP contribution is 2.24. The van der Waals surface area contributed by atoms with E-state index in [1.54, 1.807) is 0 Å². The molecule has 0 aliphatic carbocycles. The number of hydrogen-bond donors (Lipinski definition) is 0. The van der Waals surface area contributed by atoms with E-state index in [1.807, 2.05) is 4.68 Å². The quantitative estimate of drug-likeness (QED) is 0.806. The lowest BCUT2D eigenvalue weighted by Gasteiger charge is -2.08. The highest BCUT2D eigenvalue weighted by molar-refractivity contribution is 9.10. The molecule has 1 aliphatic heterocycles. The molecular formula is C14H21BrN2O2. The van der Waals surface area contributed by atoms with Gasteiger partial charge in [0.25, 0.3) is 0 Å². The predicted molar refractivity (Wildman–Crippen MR) is 77.2 cm³/mol. The lowest BCUT2D eigenvalue weighted by atomic mass is 9.99. The first-order valence-electron chi connectivity index (χ1n) is 6.99. The van der Waals surface area contributed by atoms with E-state index >= 15 is 0 Å². The van der Waals surface area contributed by atoms with Gasteiger partial charge in [-0.1, -0.05) is 6.92 Å². The van der Waals surface area contributed by atoms with E-state index in [0.29, 0.717) is 18.8 Å². The van der Waals surface area contributed by atoms with Crippen molar-refractivity contribution in [2.24, 2.45) is 5.92 Å². The molecule has 1 aromatic heterocycles. The molecule has 0 spiro atoms. The fraction of sp³-hybridized carbons (Fsp3) is 0.714. The summed E-state index contributed by atoms with van der Waals surface area (Å²) in [6, 6.07) is 0. The highest BCUT2D eigenvalue weighted by atomic mass is 79.9. The molecule has 1 aromatic rings.